The number of anilines is 1. The van der Waals surface area contributed by atoms with Gasteiger partial charge in [-0.3, -0.25) is 4.79 Å². The van der Waals surface area contributed by atoms with Gasteiger partial charge in [-0.1, -0.05) is 40.2 Å². The lowest BCUT2D eigenvalue weighted by molar-refractivity contribution is 0.0944. The number of amides is 1. The van der Waals surface area contributed by atoms with Crippen LogP contribution < -0.4 is 25.8 Å². The number of nitrogens with one attached hydrogen (secondary N) is 2. The number of ether oxygens (including phenoxy) is 2. The number of carbonyl (C=O) groups excluding carboxylic acids is 1. The molecule has 0 radical (unpaired) electrons. The summed E-state index contributed by atoms with van der Waals surface area (Å²) in [5.41, 5.74) is 8.77. The number of nitrogens with zero attached hydrogens (tertiary/aromatic N) is 2. The Morgan fingerprint density at radius 3 is 2.68 bits per heavy atom. The third kappa shape index (κ3) is 5.96. The van der Waals surface area contributed by atoms with Gasteiger partial charge < -0.3 is 25.8 Å². The molecule has 0 aliphatic carbocycles. The summed E-state index contributed by atoms with van der Waals surface area (Å²) >= 11 is 3.59. The SMILES string of the molecule is COc1cc(CNCCNC(=O)c2nonc2N)c(Br)cc1OCc1ccccc1C. The fraction of sp³-hybridized carbons (Fsp3) is 0.286. The molecule has 1 aromatic heterocycles. The van der Waals surface area contributed by atoms with E-state index in [9.17, 15) is 4.79 Å². The van der Waals surface area contributed by atoms with E-state index in [1.807, 2.05) is 30.3 Å². The molecule has 10 heteroatoms. The van der Waals surface area contributed by atoms with Crippen molar-refractivity contribution < 1.29 is 18.9 Å². The second-order valence-corrected chi connectivity index (χ2v) is 7.59. The van der Waals surface area contributed by atoms with Crippen LogP contribution in [0.15, 0.2) is 45.5 Å². The molecule has 164 valence electrons. The van der Waals surface area contributed by atoms with Crippen molar-refractivity contribution in [3.63, 3.8) is 0 Å². The molecule has 0 unspecified atom stereocenters. The number of aryl methyl sites for hydroxylation is 1. The van der Waals surface area contributed by atoms with Gasteiger partial charge in [0.2, 0.25) is 11.5 Å². The van der Waals surface area contributed by atoms with Gasteiger partial charge in [0.15, 0.2) is 11.5 Å². The van der Waals surface area contributed by atoms with E-state index in [-0.39, 0.29) is 11.5 Å². The number of benzene rings is 2. The largest absolute Gasteiger partial charge is 0.493 e. The number of carbonyl (C=O) groups is 1. The lowest BCUT2D eigenvalue weighted by Gasteiger charge is -2.15. The molecule has 4 N–H and O–H groups in total. The fourth-order valence-corrected chi connectivity index (χ4v) is 3.30. The predicted octanol–water partition coefficient (Wildman–Crippen LogP) is 2.83. The summed E-state index contributed by atoms with van der Waals surface area (Å²) in [4.78, 5) is 11.9. The quantitative estimate of drug-likeness (QED) is 0.371. The fourth-order valence-electron chi connectivity index (χ4n) is 2.84. The molecule has 1 heterocycles. The van der Waals surface area contributed by atoms with Gasteiger partial charge in [0.1, 0.15) is 6.61 Å². The van der Waals surface area contributed by atoms with Gasteiger partial charge in [-0.2, -0.15) is 0 Å². The molecule has 0 spiro atoms. The van der Waals surface area contributed by atoms with Gasteiger partial charge in [0.05, 0.1) is 7.11 Å². The van der Waals surface area contributed by atoms with E-state index < -0.39 is 5.91 Å². The monoisotopic (exact) mass is 489 g/mol. The number of aromatic nitrogens is 2. The molecule has 0 bridgehead atoms. The Morgan fingerprint density at radius 2 is 1.97 bits per heavy atom. The molecule has 2 aromatic carbocycles. The summed E-state index contributed by atoms with van der Waals surface area (Å²) < 4.78 is 16.8. The lowest BCUT2D eigenvalue weighted by Crippen LogP contribution is -2.32. The van der Waals surface area contributed by atoms with Crippen molar-refractivity contribution in [2.75, 3.05) is 25.9 Å². The average Bonchev–Trinajstić information content (AvgIpc) is 3.19. The van der Waals surface area contributed by atoms with Crippen LogP contribution in [0.2, 0.25) is 0 Å². The van der Waals surface area contributed by atoms with E-state index >= 15 is 0 Å². The van der Waals surface area contributed by atoms with Crippen LogP contribution in [0.25, 0.3) is 0 Å². The summed E-state index contributed by atoms with van der Waals surface area (Å²) in [6, 6.07) is 11.9. The minimum atomic E-state index is -0.432. The van der Waals surface area contributed by atoms with Crippen LogP contribution in [0.5, 0.6) is 11.5 Å². The Kier molecular flexibility index (Phi) is 7.85. The van der Waals surface area contributed by atoms with Crippen molar-refractivity contribution in [2.24, 2.45) is 0 Å². The highest BCUT2D eigenvalue weighted by Gasteiger charge is 2.15. The molecule has 1 amide bonds. The van der Waals surface area contributed by atoms with Crippen LogP contribution in [-0.4, -0.2) is 36.4 Å². The van der Waals surface area contributed by atoms with Crippen molar-refractivity contribution in [3.8, 4) is 11.5 Å². The van der Waals surface area contributed by atoms with E-state index in [0.717, 1.165) is 15.6 Å². The highest BCUT2D eigenvalue weighted by atomic mass is 79.9. The first-order chi connectivity index (χ1) is 15.0. The van der Waals surface area contributed by atoms with Crippen LogP contribution in [0, 0.1) is 6.92 Å². The Balaban J connectivity index is 1.51. The van der Waals surface area contributed by atoms with E-state index in [0.29, 0.717) is 37.7 Å². The van der Waals surface area contributed by atoms with E-state index in [1.165, 1.54) is 5.56 Å². The average molecular weight is 490 g/mol. The zero-order chi connectivity index (χ0) is 22.2. The molecule has 0 atom stereocenters. The number of hydrogen-bond donors (Lipinski definition) is 3. The maximum Gasteiger partial charge on any atom is 0.277 e. The first kappa shape index (κ1) is 22.6. The minimum Gasteiger partial charge on any atom is -0.493 e. The molecule has 3 rings (SSSR count). The van der Waals surface area contributed by atoms with Crippen LogP contribution in [0.3, 0.4) is 0 Å². The first-order valence-electron chi connectivity index (χ1n) is 9.60. The number of nitrogens with two attached hydrogens (primary N) is 1. The van der Waals surface area contributed by atoms with Gasteiger partial charge in [0.25, 0.3) is 5.91 Å². The number of hydrogen-bond acceptors (Lipinski definition) is 8. The number of halogens is 1. The van der Waals surface area contributed by atoms with Gasteiger partial charge in [-0.25, -0.2) is 4.63 Å². The van der Waals surface area contributed by atoms with Crippen molar-refractivity contribution in [2.45, 2.75) is 20.1 Å². The van der Waals surface area contributed by atoms with Crippen LogP contribution >= 0.6 is 15.9 Å². The molecular formula is C21H24BrN5O4. The Bertz CT molecular complexity index is 1040. The van der Waals surface area contributed by atoms with Crippen LogP contribution in [-0.2, 0) is 13.2 Å². The molecule has 0 aliphatic rings. The Labute approximate surface area is 188 Å². The third-order valence-electron chi connectivity index (χ3n) is 4.61. The molecule has 9 nitrogen and oxygen atoms in total. The second kappa shape index (κ2) is 10.8. The molecule has 0 saturated heterocycles. The van der Waals surface area contributed by atoms with Crippen molar-refractivity contribution in [1.82, 2.24) is 20.9 Å². The van der Waals surface area contributed by atoms with Gasteiger partial charge >= 0.3 is 0 Å². The number of rotatable bonds is 10. The molecule has 0 aliphatic heterocycles. The van der Waals surface area contributed by atoms with Gasteiger partial charge in [0, 0.05) is 24.1 Å². The van der Waals surface area contributed by atoms with E-state index in [4.69, 9.17) is 15.2 Å². The van der Waals surface area contributed by atoms with Crippen molar-refractivity contribution >= 4 is 27.7 Å². The number of methoxy groups -OCH3 is 1. The zero-order valence-electron chi connectivity index (χ0n) is 17.3. The van der Waals surface area contributed by atoms with Crippen molar-refractivity contribution in [3.05, 3.63) is 63.3 Å². The number of nitrogen functional groups attached to an aromatic ring is 1. The van der Waals surface area contributed by atoms with E-state index in [2.05, 4.69) is 54.5 Å². The maximum atomic E-state index is 11.9. The lowest BCUT2D eigenvalue weighted by atomic mass is 10.1. The minimum absolute atomic E-state index is 0.0197. The highest BCUT2D eigenvalue weighted by molar-refractivity contribution is 9.10. The third-order valence-corrected chi connectivity index (χ3v) is 5.35. The normalized spacial score (nSPS) is 10.7. The second-order valence-electron chi connectivity index (χ2n) is 6.74. The smallest absolute Gasteiger partial charge is 0.277 e. The van der Waals surface area contributed by atoms with Gasteiger partial charge in [-0.15, -0.1) is 0 Å². The van der Waals surface area contributed by atoms with Crippen LogP contribution in [0.4, 0.5) is 5.82 Å². The molecule has 0 saturated carbocycles. The first-order valence-corrected chi connectivity index (χ1v) is 10.4. The van der Waals surface area contributed by atoms with E-state index in [1.54, 1.807) is 7.11 Å². The molecular weight excluding hydrogens is 466 g/mol. The Morgan fingerprint density at radius 1 is 1.16 bits per heavy atom. The maximum absolute atomic E-state index is 11.9. The summed E-state index contributed by atoms with van der Waals surface area (Å²) in [5, 5.41) is 12.8. The standard InChI is InChI=1S/C21H24BrN5O4/c1-13-5-3-4-6-14(13)12-30-18-10-16(22)15(9-17(18)29-2)11-24-7-8-25-21(28)19-20(23)27-31-26-19/h3-6,9-10,24H,7-8,11-12H2,1-2H3,(H2,23,27)(H,25,28). The molecule has 0 fully saturated rings. The summed E-state index contributed by atoms with van der Waals surface area (Å²) in [5.74, 6) is 0.841. The summed E-state index contributed by atoms with van der Waals surface area (Å²) in [6.07, 6.45) is 0. The highest BCUT2D eigenvalue weighted by Crippen LogP contribution is 2.34. The van der Waals surface area contributed by atoms with Crippen molar-refractivity contribution in [1.29, 1.82) is 0 Å². The summed E-state index contributed by atoms with van der Waals surface area (Å²) in [6.45, 7) is 4.01. The Hall–Kier alpha value is -3.11. The van der Waals surface area contributed by atoms with Gasteiger partial charge in [-0.05, 0) is 46.1 Å². The molecule has 3 aromatic rings. The molecule has 31 heavy (non-hydrogen) atoms. The topological polar surface area (TPSA) is 125 Å². The predicted molar refractivity (Wildman–Crippen MR) is 119 cm³/mol. The zero-order valence-corrected chi connectivity index (χ0v) is 18.9. The van der Waals surface area contributed by atoms with Crippen LogP contribution in [0.1, 0.15) is 27.2 Å². The summed E-state index contributed by atoms with van der Waals surface area (Å²) in [7, 11) is 1.61.